The molecule has 0 fully saturated rings. The average molecular weight is 215 g/mol. The van der Waals surface area contributed by atoms with Crippen molar-refractivity contribution in [1.82, 2.24) is 0 Å². The Morgan fingerprint density at radius 3 is 1.88 bits per heavy atom. The van der Waals surface area contributed by atoms with E-state index in [-0.39, 0.29) is 5.82 Å². The highest BCUT2D eigenvalue weighted by Crippen LogP contribution is 2.22. The molecule has 0 aliphatic rings. The van der Waals surface area contributed by atoms with Crippen molar-refractivity contribution in [2.75, 3.05) is 0 Å². The Balaban J connectivity index is 2.27. The molecule has 0 spiro atoms. The van der Waals surface area contributed by atoms with E-state index >= 15 is 0 Å². The smallest absolute Gasteiger partial charge is 0.418 e. The Hall–Kier alpha value is -2.16. The first-order valence-corrected chi connectivity index (χ1v) is 4.69. The molecule has 3 heteroatoms. The van der Waals surface area contributed by atoms with Crippen LogP contribution in [0.1, 0.15) is 0 Å². The fraction of sp³-hybridized carbons (Fsp3) is 0. The maximum absolute atomic E-state index is 12.7. The fourth-order valence-corrected chi connectivity index (χ4v) is 1.41. The van der Waals surface area contributed by atoms with Gasteiger partial charge in [0.1, 0.15) is 11.6 Å². The SMILES string of the molecule is O=[C]Oc1ccc(-c2ccc(F)cc2)cc1. The highest BCUT2D eigenvalue weighted by Gasteiger charge is 1.99. The van der Waals surface area contributed by atoms with Crippen molar-refractivity contribution in [3.8, 4) is 16.9 Å². The van der Waals surface area contributed by atoms with Gasteiger partial charge in [0, 0.05) is 0 Å². The topological polar surface area (TPSA) is 26.3 Å². The molecular weight excluding hydrogens is 207 g/mol. The summed E-state index contributed by atoms with van der Waals surface area (Å²) in [5.41, 5.74) is 1.83. The molecule has 2 aromatic rings. The molecule has 0 unspecified atom stereocenters. The second-order valence-electron chi connectivity index (χ2n) is 3.22. The van der Waals surface area contributed by atoms with Gasteiger partial charge in [-0.3, -0.25) is 0 Å². The van der Waals surface area contributed by atoms with Gasteiger partial charge in [-0.05, 0) is 35.4 Å². The minimum atomic E-state index is -0.265. The Morgan fingerprint density at radius 1 is 0.875 bits per heavy atom. The zero-order valence-corrected chi connectivity index (χ0v) is 8.31. The number of rotatable bonds is 3. The molecule has 1 radical (unpaired) electrons. The maximum Gasteiger partial charge on any atom is 0.423 e. The van der Waals surface area contributed by atoms with E-state index in [0.717, 1.165) is 11.1 Å². The van der Waals surface area contributed by atoms with E-state index in [1.54, 1.807) is 36.4 Å². The predicted octanol–water partition coefficient (Wildman–Crippen LogP) is 2.94. The molecule has 0 aromatic heterocycles. The van der Waals surface area contributed by atoms with E-state index in [1.165, 1.54) is 18.6 Å². The molecule has 2 nitrogen and oxygen atoms in total. The number of hydrogen-bond donors (Lipinski definition) is 0. The minimum Gasteiger partial charge on any atom is -0.418 e. The van der Waals surface area contributed by atoms with E-state index in [9.17, 15) is 9.18 Å². The van der Waals surface area contributed by atoms with Crippen LogP contribution in [-0.4, -0.2) is 6.47 Å². The Bertz CT molecular complexity index is 474. The van der Waals surface area contributed by atoms with Crippen LogP contribution < -0.4 is 4.74 Å². The lowest BCUT2D eigenvalue weighted by Crippen LogP contribution is -1.87. The zero-order valence-electron chi connectivity index (χ0n) is 8.31. The summed E-state index contributed by atoms with van der Waals surface area (Å²) >= 11 is 0. The molecule has 0 saturated carbocycles. The van der Waals surface area contributed by atoms with Gasteiger partial charge in [-0.25, -0.2) is 9.18 Å². The van der Waals surface area contributed by atoms with Gasteiger partial charge >= 0.3 is 6.47 Å². The molecule has 0 aliphatic heterocycles. The van der Waals surface area contributed by atoms with Crippen molar-refractivity contribution in [3.05, 3.63) is 54.3 Å². The van der Waals surface area contributed by atoms with Gasteiger partial charge in [-0.1, -0.05) is 24.3 Å². The Kier molecular flexibility index (Phi) is 2.96. The summed E-state index contributed by atoms with van der Waals surface area (Å²) in [5, 5.41) is 0. The first-order valence-electron chi connectivity index (χ1n) is 4.69. The molecule has 79 valence electrons. The molecule has 2 aromatic carbocycles. The van der Waals surface area contributed by atoms with E-state index in [0.29, 0.717) is 5.75 Å². The molecule has 0 saturated heterocycles. The van der Waals surface area contributed by atoms with Gasteiger partial charge in [0.15, 0.2) is 0 Å². The van der Waals surface area contributed by atoms with Crippen LogP contribution in [0.5, 0.6) is 5.75 Å². The van der Waals surface area contributed by atoms with Crippen molar-refractivity contribution in [2.45, 2.75) is 0 Å². The van der Waals surface area contributed by atoms with Gasteiger partial charge < -0.3 is 4.74 Å². The standard InChI is InChI=1S/C13H8FO2/c14-12-5-1-10(2-6-12)11-3-7-13(8-4-11)16-9-15/h1-8H. The predicted molar refractivity (Wildman–Crippen MR) is 58.2 cm³/mol. The summed E-state index contributed by atoms with van der Waals surface area (Å²) in [4.78, 5) is 9.98. The van der Waals surface area contributed by atoms with Crippen LogP contribution in [0, 0.1) is 5.82 Å². The molecule has 16 heavy (non-hydrogen) atoms. The molecule has 2 rings (SSSR count). The normalized spacial score (nSPS) is 9.81. The molecule has 0 aliphatic carbocycles. The molecule has 0 N–H and O–H groups in total. The van der Waals surface area contributed by atoms with Crippen LogP contribution in [0.25, 0.3) is 11.1 Å². The van der Waals surface area contributed by atoms with Crippen LogP contribution in [-0.2, 0) is 4.79 Å². The third-order valence-electron chi connectivity index (χ3n) is 2.19. The summed E-state index contributed by atoms with van der Waals surface area (Å²) in [6, 6.07) is 13.1. The Labute approximate surface area is 92.3 Å². The lowest BCUT2D eigenvalue weighted by Gasteiger charge is -2.02. The number of carbonyl (C=O) groups excluding carboxylic acids is 1. The van der Waals surface area contributed by atoms with Crippen molar-refractivity contribution < 1.29 is 13.9 Å². The van der Waals surface area contributed by atoms with Crippen molar-refractivity contribution in [1.29, 1.82) is 0 Å². The van der Waals surface area contributed by atoms with Crippen LogP contribution in [0.2, 0.25) is 0 Å². The van der Waals surface area contributed by atoms with Crippen molar-refractivity contribution in [3.63, 3.8) is 0 Å². The monoisotopic (exact) mass is 215 g/mol. The van der Waals surface area contributed by atoms with Crippen LogP contribution >= 0.6 is 0 Å². The minimum absolute atomic E-state index is 0.265. The van der Waals surface area contributed by atoms with Gasteiger partial charge in [-0.2, -0.15) is 0 Å². The van der Waals surface area contributed by atoms with Crippen LogP contribution in [0.3, 0.4) is 0 Å². The third-order valence-corrected chi connectivity index (χ3v) is 2.19. The third kappa shape index (κ3) is 2.25. The quantitative estimate of drug-likeness (QED) is 0.786. The van der Waals surface area contributed by atoms with Crippen molar-refractivity contribution in [2.24, 2.45) is 0 Å². The molecule has 0 bridgehead atoms. The largest absolute Gasteiger partial charge is 0.423 e. The van der Waals surface area contributed by atoms with Gasteiger partial charge in [0.2, 0.25) is 0 Å². The number of hydrogen-bond acceptors (Lipinski definition) is 2. The second-order valence-corrected chi connectivity index (χ2v) is 3.22. The summed E-state index contributed by atoms with van der Waals surface area (Å²) in [6.45, 7) is 1.35. The van der Waals surface area contributed by atoms with E-state index in [1.807, 2.05) is 0 Å². The molecule has 0 heterocycles. The Morgan fingerprint density at radius 2 is 1.38 bits per heavy atom. The highest BCUT2D eigenvalue weighted by molar-refractivity contribution is 5.64. The highest BCUT2D eigenvalue weighted by atomic mass is 19.1. The summed E-state index contributed by atoms with van der Waals surface area (Å²) in [7, 11) is 0. The van der Waals surface area contributed by atoms with E-state index in [2.05, 4.69) is 4.74 Å². The van der Waals surface area contributed by atoms with Gasteiger partial charge in [0.05, 0.1) is 0 Å². The zero-order chi connectivity index (χ0) is 11.4. The fourth-order valence-electron chi connectivity index (χ4n) is 1.41. The van der Waals surface area contributed by atoms with E-state index in [4.69, 9.17) is 0 Å². The number of benzene rings is 2. The van der Waals surface area contributed by atoms with Gasteiger partial charge in [0.25, 0.3) is 0 Å². The lowest BCUT2D eigenvalue weighted by atomic mass is 10.1. The molecule has 0 atom stereocenters. The second kappa shape index (κ2) is 4.57. The van der Waals surface area contributed by atoms with Crippen LogP contribution in [0.15, 0.2) is 48.5 Å². The first-order chi connectivity index (χ1) is 7.79. The summed E-state index contributed by atoms with van der Waals surface area (Å²) in [6.07, 6.45) is 0. The summed E-state index contributed by atoms with van der Waals surface area (Å²) in [5.74, 6) is 0.167. The average Bonchev–Trinajstić information content (AvgIpc) is 2.32. The molecule has 0 amide bonds. The van der Waals surface area contributed by atoms with Crippen LogP contribution in [0.4, 0.5) is 4.39 Å². The van der Waals surface area contributed by atoms with E-state index < -0.39 is 0 Å². The maximum atomic E-state index is 12.7. The molecular formula is C13H8FO2. The van der Waals surface area contributed by atoms with Gasteiger partial charge in [-0.15, -0.1) is 0 Å². The summed E-state index contributed by atoms with van der Waals surface area (Å²) < 4.78 is 17.3. The number of halogens is 1. The van der Waals surface area contributed by atoms with Crippen molar-refractivity contribution >= 4 is 6.47 Å². The first kappa shape index (κ1) is 10.4. The number of ether oxygens (including phenoxy) is 1. The lowest BCUT2D eigenvalue weighted by molar-refractivity contribution is 0.443.